The number of nitrogens with zero attached hydrogens (tertiary/aromatic N) is 1. The van der Waals surface area contributed by atoms with E-state index in [1.54, 1.807) is 0 Å². The predicted molar refractivity (Wildman–Crippen MR) is 75.8 cm³/mol. The van der Waals surface area contributed by atoms with Crippen LogP contribution >= 0.6 is 0 Å². The Bertz CT molecular complexity index is 629. The minimum absolute atomic E-state index is 0.121. The van der Waals surface area contributed by atoms with Crippen molar-refractivity contribution in [2.45, 2.75) is 25.7 Å². The monoisotopic (exact) mass is 289 g/mol. The van der Waals surface area contributed by atoms with Gasteiger partial charge in [-0.2, -0.15) is 0 Å². The lowest BCUT2D eigenvalue weighted by atomic mass is 9.77. The number of nitro groups is 1. The van der Waals surface area contributed by atoms with E-state index < -0.39 is 4.92 Å². The van der Waals surface area contributed by atoms with Crippen LogP contribution in [0.4, 0.5) is 17.1 Å². The van der Waals surface area contributed by atoms with Crippen LogP contribution in [0.2, 0.25) is 0 Å². The predicted octanol–water partition coefficient (Wildman–Crippen LogP) is 2.29. The number of nitro benzene ring substituents is 1. The number of benzene rings is 1. The Morgan fingerprint density at radius 1 is 1.00 bits per heavy atom. The van der Waals surface area contributed by atoms with Gasteiger partial charge in [-0.25, -0.2) is 0 Å². The molecule has 110 valence electrons. The van der Waals surface area contributed by atoms with Gasteiger partial charge in [-0.05, 0) is 18.9 Å². The van der Waals surface area contributed by atoms with Gasteiger partial charge in [0.2, 0.25) is 11.8 Å². The van der Waals surface area contributed by atoms with Crippen molar-refractivity contribution in [2.24, 2.45) is 11.8 Å². The number of fused-ring (bicyclic) bond motifs is 2. The summed E-state index contributed by atoms with van der Waals surface area (Å²) in [6.45, 7) is 0. The van der Waals surface area contributed by atoms with Crippen molar-refractivity contribution >= 4 is 28.9 Å². The Morgan fingerprint density at radius 3 is 2.14 bits per heavy atom. The maximum absolute atomic E-state index is 12.3. The largest absolute Gasteiger partial charge is 0.324 e. The number of carbonyl (C=O) groups is 2. The summed E-state index contributed by atoms with van der Waals surface area (Å²) < 4.78 is 0. The molecule has 7 heteroatoms. The minimum atomic E-state index is -0.531. The fourth-order valence-electron chi connectivity index (χ4n) is 3.07. The fraction of sp³-hybridized carbons (Fsp3) is 0.429. The summed E-state index contributed by atoms with van der Waals surface area (Å²) in [5, 5.41) is 16.3. The average Bonchev–Trinajstić information content (AvgIpc) is 2.47. The molecule has 0 radical (unpaired) electrons. The number of nitrogens with one attached hydrogen (secondary N) is 2. The SMILES string of the molecule is O=C1Nc2cc([N+](=O)[O-])ccc2NC(=O)[C@@H]2CCCC[C@H]12. The van der Waals surface area contributed by atoms with Gasteiger partial charge >= 0.3 is 0 Å². The summed E-state index contributed by atoms with van der Waals surface area (Å²) in [5.41, 5.74) is 0.568. The fourth-order valence-corrected chi connectivity index (χ4v) is 3.07. The molecule has 1 fully saturated rings. The van der Waals surface area contributed by atoms with Crippen LogP contribution in [0.3, 0.4) is 0 Å². The van der Waals surface area contributed by atoms with E-state index in [0.29, 0.717) is 18.5 Å². The molecule has 1 aliphatic carbocycles. The van der Waals surface area contributed by atoms with Gasteiger partial charge in [0.1, 0.15) is 0 Å². The molecule has 1 aromatic rings. The molecule has 21 heavy (non-hydrogen) atoms. The van der Waals surface area contributed by atoms with Crippen LogP contribution in [-0.4, -0.2) is 16.7 Å². The van der Waals surface area contributed by atoms with Crippen LogP contribution in [0, 0.1) is 22.0 Å². The summed E-state index contributed by atoms with van der Waals surface area (Å²) in [6, 6.07) is 4.04. The molecular weight excluding hydrogens is 274 g/mol. The van der Waals surface area contributed by atoms with Crippen LogP contribution in [0.25, 0.3) is 0 Å². The topological polar surface area (TPSA) is 101 Å². The Labute approximate surface area is 120 Å². The minimum Gasteiger partial charge on any atom is -0.324 e. The quantitative estimate of drug-likeness (QED) is 0.611. The normalized spacial score (nSPS) is 24.8. The molecule has 1 aromatic carbocycles. The molecule has 0 aromatic heterocycles. The number of hydrogen-bond donors (Lipinski definition) is 2. The molecule has 0 spiro atoms. The highest BCUT2D eigenvalue weighted by Crippen LogP contribution is 2.36. The van der Waals surface area contributed by atoms with E-state index in [0.717, 1.165) is 12.8 Å². The smallest absolute Gasteiger partial charge is 0.271 e. The van der Waals surface area contributed by atoms with Crippen molar-refractivity contribution in [3.8, 4) is 0 Å². The van der Waals surface area contributed by atoms with Crippen molar-refractivity contribution in [2.75, 3.05) is 10.6 Å². The maximum Gasteiger partial charge on any atom is 0.271 e. The lowest BCUT2D eigenvalue weighted by molar-refractivity contribution is -0.384. The highest BCUT2D eigenvalue weighted by molar-refractivity contribution is 6.06. The highest BCUT2D eigenvalue weighted by Gasteiger charge is 2.37. The second kappa shape index (κ2) is 5.16. The van der Waals surface area contributed by atoms with E-state index >= 15 is 0 Å². The lowest BCUT2D eigenvalue weighted by Gasteiger charge is -2.32. The molecule has 2 aliphatic rings. The molecule has 0 bridgehead atoms. The van der Waals surface area contributed by atoms with E-state index in [4.69, 9.17) is 0 Å². The van der Waals surface area contributed by atoms with Crippen LogP contribution < -0.4 is 10.6 Å². The first-order chi connectivity index (χ1) is 10.1. The summed E-state index contributed by atoms with van der Waals surface area (Å²) in [5.74, 6) is -1.07. The standard InChI is InChI=1S/C14H15N3O4/c18-13-9-3-1-2-4-10(9)14(19)16-12-7-8(17(20)21)5-6-11(12)15-13/h5-7,9-10H,1-4H2,(H,15,18)(H,16,19)/t9-,10+/m1/s1. The van der Waals surface area contributed by atoms with Crippen molar-refractivity contribution in [1.29, 1.82) is 0 Å². The van der Waals surface area contributed by atoms with Gasteiger partial charge in [0.15, 0.2) is 0 Å². The molecule has 3 rings (SSSR count). The van der Waals surface area contributed by atoms with Crippen LogP contribution in [-0.2, 0) is 9.59 Å². The van der Waals surface area contributed by atoms with Gasteiger partial charge in [0.25, 0.3) is 5.69 Å². The van der Waals surface area contributed by atoms with Gasteiger partial charge in [-0.1, -0.05) is 12.8 Å². The third-order valence-electron chi connectivity index (χ3n) is 4.17. The number of non-ortho nitro benzene ring substituents is 1. The summed E-state index contributed by atoms with van der Waals surface area (Å²) >= 11 is 0. The number of hydrogen-bond acceptors (Lipinski definition) is 4. The van der Waals surface area contributed by atoms with E-state index in [-0.39, 0.29) is 35.0 Å². The first kappa shape index (κ1) is 13.5. The molecule has 2 N–H and O–H groups in total. The Morgan fingerprint density at radius 2 is 1.57 bits per heavy atom. The zero-order valence-electron chi connectivity index (χ0n) is 11.3. The lowest BCUT2D eigenvalue weighted by Crippen LogP contribution is -2.40. The molecule has 0 unspecified atom stereocenters. The molecule has 7 nitrogen and oxygen atoms in total. The van der Waals surface area contributed by atoms with Crippen molar-refractivity contribution in [3.63, 3.8) is 0 Å². The van der Waals surface area contributed by atoms with Gasteiger partial charge in [0.05, 0.1) is 16.3 Å². The van der Waals surface area contributed by atoms with Gasteiger partial charge < -0.3 is 10.6 Å². The Hall–Kier alpha value is -2.44. The Balaban J connectivity index is 2.00. The third-order valence-corrected chi connectivity index (χ3v) is 4.17. The second-order valence-electron chi connectivity index (χ2n) is 5.46. The molecular formula is C14H15N3O4. The number of amides is 2. The average molecular weight is 289 g/mol. The molecule has 0 saturated heterocycles. The van der Waals surface area contributed by atoms with E-state index in [2.05, 4.69) is 10.6 Å². The van der Waals surface area contributed by atoms with Gasteiger partial charge in [0, 0.05) is 24.0 Å². The maximum atomic E-state index is 12.3. The molecule has 1 saturated carbocycles. The first-order valence-electron chi connectivity index (χ1n) is 6.96. The summed E-state index contributed by atoms with van der Waals surface area (Å²) in [7, 11) is 0. The first-order valence-corrected chi connectivity index (χ1v) is 6.96. The number of carbonyl (C=O) groups excluding carboxylic acids is 2. The van der Waals surface area contributed by atoms with Crippen LogP contribution in [0.5, 0.6) is 0 Å². The van der Waals surface area contributed by atoms with E-state index in [9.17, 15) is 19.7 Å². The summed E-state index contributed by atoms with van der Waals surface area (Å²) in [4.78, 5) is 34.9. The van der Waals surface area contributed by atoms with Gasteiger partial charge in [-0.15, -0.1) is 0 Å². The van der Waals surface area contributed by atoms with Crippen molar-refractivity contribution in [1.82, 2.24) is 0 Å². The van der Waals surface area contributed by atoms with Crippen LogP contribution in [0.1, 0.15) is 25.7 Å². The van der Waals surface area contributed by atoms with Gasteiger partial charge in [-0.3, -0.25) is 19.7 Å². The number of rotatable bonds is 1. The molecule has 1 aliphatic heterocycles. The third kappa shape index (κ3) is 2.46. The van der Waals surface area contributed by atoms with E-state index in [1.807, 2.05) is 0 Å². The second-order valence-corrected chi connectivity index (χ2v) is 5.46. The molecule has 1 heterocycles. The number of anilines is 2. The molecule has 2 amide bonds. The highest BCUT2D eigenvalue weighted by atomic mass is 16.6. The van der Waals surface area contributed by atoms with Crippen LogP contribution in [0.15, 0.2) is 18.2 Å². The van der Waals surface area contributed by atoms with E-state index in [1.165, 1.54) is 18.2 Å². The molecule has 2 atom stereocenters. The summed E-state index contributed by atoms with van der Waals surface area (Å²) in [6.07, 6.45) is 3.24. The zero-order chi connectivity index (χ0) is 15.0. The zero-order valence-corrected chi connectivity index (χ0v) is 11.3. The van der Waals surface area contributed by atoms with Crippen molar-refractivity contribution < 1.29 is 14.5 Å². The van der Waals surface area contributed by atoms with Crippen molar-refractivity contribution in [3.05, 3.63) is 28.3 Å². The Kier molecular flexibility index (Phi) is 3.32.